The lowest BCUT2D eigenvalue weighted by Crippen LogP contribution is -2.27. The highest BCUT2D eigenvalue weighted by molar-refractivity contribution is 7.90. The Balaban J connectivity index is 2.53. The van der Waals surface area contributed by atoms with Gasteiger partial charge in [-0.05, 0) is 23.6 Å². The minimum Gasteiger partial charge on any atom is -0.341 e. The quantitative estimate of drug-likeness (QED) is 0.881. The molecule has 0 saturated carbocycles. The van der Waals surface area contributed by atoms with Crippen LogP contribution in [0, 0.1) is 5.41 Å². The van der Waals surface area contributed by atoms with Gasteiger partial charge in [0.15, 0.2) is 9.84 Å². The molecule has 0 aliphatic heterocycles. The smallest absolute Gasteiger partial charge is 0.175 e. The number of aromatic nitrogens is 2. The van der Waals surface area contributed by atoms with Crippen molar-refractivity contribution in [3.05, 3.63) is 24.0 Å². The zero-order valence-corrected chi connectivity index (χ0v) is 12.4. The molecule has 0 saturated heterocycles. The van der Waals surface area contributed by atoms with Gasteiger partial charge in [0.25, 0.3) is 0 Å². The van der Waals surface area contributed by atoms with Crippen LogP contribution in [0.5, 0.6) is 0 Å². The van der Waals surface area contributed by atoms with Crippen LogP contribution in [-0.4, -0.2) is 24.6 Å². The topological polar surface area (TPSA) is 88.8 Å². The highest BCUT2D eigenvalue weighted by Gasteiger charge is 2.25. The fourth-order valence-corrected chi connectivity index (χ4v) is 2.44. The van der Waals surface area contributed by atoms with Crippen LogP contribution in [0.25, 0.3) is 11.0 Å². The first-order valence-corrected chi connectivity index (χ1v) is 7.93. The Kier molecular flexibility index (Phi) is 3.18. The maximum absolute atomic E-state index is 11.5. The van der Waals surface area contributed by atoms with Crippen LogP contribution in [-0.2, 0) is 9.84 Å². The number of sulfone groups is 1. The third kappa shape index (κ3) is 2.79. The number of fused-ring (bicyclic) bond motifs is 1. The Morgan fingerprint density at radius 2 is 1.95 bits per heavy atom. The van der Waals surface area contributed by atoms with Crippen molar-refractivity contribution in [1.82, 2.24) is 9.97 Å². The van der Waals surface area contributed by atoms with Gasteiger partial charge in [0.2, 0.25) is 0 Å². The van der Waals surface area contributed by atoms with E-state index in [0.29, 0.717) is 11.3 Å². The molecular formula is C13H19N3O2S. The van der Waals surface area contributed by atoms with Gasteiger partial charge >= 0.3 is 0 Å². The Bertz CT molecular complexity index is 711. The summed E-state index contributed by atoms with van der Waals surface area (Å²) in [5.41, 5.74) is 7.45. The Labute approximate surface area is 113 Å². The molecule has 0 fully saturated rings. The highest BCUT2D eigenvalue weighted by Crippen LogP contribution is 2.30. The van der Waals surface area contributed by atoms with Gasteiger partial charge in [-0.25, -0.2) is 13.4 Å². The highest BCUT2D eigenvalue weighted by atomic mass is 32.2. The van der Waals surface area contributed by atoms with Crippen molar-refractivity contribution in [2.75, 3.05) is 6.26 Å². The van der Waals surface area contributed by atoms with Crippen LogP contribution < -0.4 is 5.73 Å². The van der Waals surface area contributed by atoms with Crippen LogP contribution in [0.1, 0.15) is 32.6 Å². The summed E-state index contributed by atoms with van der Waals surface area (Å²) in [6.07, 6.45) is 1.19. The molecule has 104 valence electrons. The van der Waals surface area contributed by atoms with E-state index in [4.69, 9.17) is 5.73 Å². The molecule has 0 spiro atoms. The predicted octanol–water partition coefficient (Wildman–Crippen LogP) is 2.01. The van der Waals surface area contributed by atoms with Crippen molar-refractivity contribution in [2.45, 2.75) is 31.7 Å². The second-order valence-corrected chi connectivity index (χ2v) is 7.93. The van der Waals surface area contributed by atoms with Crippen molar-refractivity contribution in [1.29, 1.82) is 0 Å². The molecule has 3 N–H and O–H groups in total. The summed E-state index contributed by atoms with van der Waals surface area (Å²) < 4.78 is 23.0. The number of aromatic amines is 1. The average molecular weight is 281 g/mol. The van der Waals surface area contributed by atoms with Gasteiger partial charge in [0.1, 0.15) is 5.82 Å². The third-order valence-corrected chi connectivity index (χ3v) is 4.24. The monoisotopic (exact) mass is 281 g/mol. The van der Waals surface area contributed by atoms with Crippen LogP contribution in [0.2, 0.25) is 0 Å². The first-order valence-electron chi connectivity index (χ1n) is 6.04. The predicted molar refractivity (Wildman–Crippen MR) is 75.6 cm³/mol. The van der Waals surface area contributed by atoms with Gasteiger partial charge in [0, 0.05) is 6.26 Å². The number of nitrogens with two attached hydrogens (primary N) is 1. The molecule has 5 nitrogen and oxygen atoms in total. The molecule has 2 aromatic rings. The number of imidazole rings is 1. The summed E-state index contributed by atoms with van der Waals surface area (Å²) in [6, 6.07) is 4.62. The Morgan fingerprint density at radius 1 is 1.32 bits per heavy atom. The fourth-order valence-electron chi connectivity index (χ4n) is 1.80. The maximum atomic E-state index is 11.5. The third-order valence-electron chi connectivity index (χ3n) is 3.13. The van der Waals surface area contributed by atoms with Gasteiger partial charge in [-0.2, -0.15) is 0 Å². The van der Waals surface area contributed by atoms with Gasteiger partial charge in [-0.3, -0.25) is 0 Å². The zero-order valence-electron chi connectivity index (χ0n) is 11.6. The van der Waals surface area contributed by atoms with E-state index in [1.165, 1.54) is 6.26 Å². The molecule has 0 aliphatic rings. The minimum absolute atomic E-state index is 0.118. The van der Waals surface area contributed by atoms with Crippen LogP contribution >= 0.6 is 0 Å². The van der Waals surface area contributed by atoms with E-state index in [0.717, 1.165) is 5.52 Å². The molecule has 19 heavy (non-hydrogen) atoms. The summed E-state index contributed by atoms with van der Waals surface area (Å²) in [5, 5.41) is 0. The lowest BCUT2D eigenvalue weighted by Gasteiger charge is -2.24. The minimum atomic E-state index is -3.21. The molecule has 1 atom stereocenters. The van der Waals surface area contributed by atoms with E-state index in [2.05, 4.69) is 9.97 Å². The number of H-pyrrole nitrogens is 1. The average Bonchev–Trinajstić information content (AvgIpc) is 2.67. The molecule has 1 aromatic heterocycles. The first-order chi connectivity index (χ1) is 8.59. The molecule has 6 heteroatoms. The number of rotatable bonds is 2. The summed E-state index contributed by atoms with van der Waals surface area (Å²) in [7, 11) is -3.21. The summed E-state index contributed by atoms with van der Waals surface area (Å²) in [5.74, 6) is 0.674. The Morgan fingerprint density at radius 3 is 2.47 bits per heavy atom. The van der Waals surface area contributed by atoms with Crippen molar-refractivity contribution in [3.63, 3.8) is 0 Å². The van der Waals surface area contributed by atoms with Crippen LogP contribution in [0.4, 0.5) is 0 Å². The molecular weight excluding hydrogens is 262 g/mol. The maximum Gasteiger partial charge on any atom is 0.175 e. The van der Waals surface area contributed by atoms with Crippen LogP contribution in [0.15, 0.2) is 23.1 Å². The molecule has 1 heterocycles. The standard InChI is InChI=1S/C13H19N3O2S/c1-13(2,3)11(14)12-15-9-6-5-8(19(4,17)18)7-10(9)16-12/h5-7,11H,14H2,1-4H3,(H,15,16). The molecule has 2 rings (SSSR count). The van der Waals surface area contributed by atoms with E-state index in [9.17, 15) is 8.42 Å². The van der Waals surface area contributed by atoms with Gasteiger partial charge in [0.05, 0.1) is 22.0 Å². The van der Waals surface area contributed by atoms with Crippen LogP contribution in [0.3, 0.4) is 0 Å². The number of nitrogens with zero attached hydrogens (tertiary/aromatic N) is 1. The second-order valence-electron chi connectivity index (χ2n) is 5.92. The van der Waals surface area contributed by atoms with Crippen molar-refractivity contribution >= 4 is 20.9 Å². The van der Waals surface area contributed by atoms with Crippen molar-refractivity contribution < 1.29 is 8.42 Å². The zero-order chi connectivity index (χ0) is 14.4. The molecule has 0 bridgehead atoms. The normalized spacial score (nSPS) is 14.8. The summed E-state index contributed by atoms with van der Waals surface area (Å²) >= 11 is 0. The first kappa shape index (κ1) is 14.0. The van der Waals surface area contributed by atoms with Gasteiger partial charge in [-0.1, -0.05) is 20.8 Å². The van der Waals surface area contributed by atoms with Gasteiger partial charge < -0.3 is 10.7 Å². The van der Waals surface area contributed by atoms with E-state index in [1.807, 2.05) is 20.8 Å². The fraction of sp³-hybridized carbons (Fsp3) is 0.462. The van der Waals surface area contributed by atoms with E-state index in [1.54, 1.807) is 18.2 Å². The van der Waals surface area contributed by atoms with Crippen molar-refractivity contribution in [3.8, 4) is 0 Å². The summed E-state index contributed by atoms with van der Waals surface area (Å²) in [4.78, 5) is 7.82. The number of nitrogens with one attached hydrogen (secondary N) is 1. The lowest BCUT2D eigenvalue weighted by molar-refractivity contribution is 0.317. The van der Waals surface area contributed by atoms with Gasteiger partial charge in [-0.15, -0.1) is 0 Å². The summed E-state index contributed by atoms with van der Waals surface area (Å²) in [6.45, 7) is 6.10. The number of hydrogen-bond donors (Lipinski definition) is 2. The SMILES string of the molecule is CC(C)(C)C(N)c1nc2ccc(S(C)(=O)=O)cc2[nH]1. The number of hydrogen-bond acceptors (Lipinski definition) is 4. The number of benzene rings is 1. The molecule has 1 aromatic carbocycles. The van der Waals surface area contributed by atoms with E-state index >= 15 is 0 Å². The largest absolute Gasteiger partial charge is 0.341 e. The molecule has 1 unspecified atom stereocenters. The second kappa shape index (κ2) is 4.31. The Hall–Kier alpha value is -1.40. The molecule has 0 radical (unpaired) electrons. The van der Waals surface area contributed by atoms with E-state index in [-0.39, 0.29) is 16.4 Å². The molecule has 0 aliphatic carbocycles. The lowest BCUT2D eigenvalue weighted by atomic mass is 9.87. The molecule has 0 amide bonds. The van der Waals surface area contributed by atoms with E-state index < -0.39 is 9.84 Å². The van der Waals surface area contributed by atoms with Crippen molar-refractivity contribution in [2.24, 2.45) is 11.1 Å².